The molecule has 1 heterocycles. The number of rotatable bonds is 6. The van der Waals surface area contributed by atoms with Crippen LogP contribution in [0, 0.1) is 0 Å². The summed E-state index contributed by atoms with van der Waals surface area (Å²) >= 11 is 12.2. The predicted octanol–water partition coefficient (Wildman–Crippen LogP) is 4.92. The second kappa shape index (κ2) is 10.9. The van der Waals surface area contributed by atoms with Crippen LogP contribution in [0.2, 0.25) is 10.0 Å². The molecule has 0 aliphatic heterocycles. The number of nitrogens with zero attached hydrogens (tertiary/aromatic N) is 1. The van der Waals surface area contributed by atoms with E-state index in [-0.39, 0.29) is 24.8 Å². The Hall–Kier alpha value is -0.710. The van der Waals surface area contributed by atoms with Crippen LogP contribution >= 0.6 is 48.0 Å². The summed E-state index contributed by atoms with van der Waals surface area (Å²) in [5, 5.41) is 4.50. The molecule has 0 aliphatic rings. The Morgan fingerprint density at radius 3 is 2.41 bits per heavy atom. The molecule has 2 rings (SSSR count). The maximum Gasteiger partial charge on any atom is 0.142 e. The van der Waals surface area contributed by atoms with E-state index in [1.165, 1.54) is 5.56 Å². The van der Waals surface area contributed by atoms with E-state index in [9.17, 15) is 0 Å². The van der Waals surface area contributed by atoms with Crippen molar-refractivity contribution in [3.63, 3.8) is 0 Å². The minimum absolute atomic E-state index is 0. The highest BCUT2D eigenvalue weighted by Gasteiger charge is 2.10. The molecule has 0 fully saturated rings. The lowest BCUT2D eigenvalue weighted by Crippen LogP contribution is -2.14. The smallest absolute Gasteiger partial charge is 0.142 e. The number of hydrogen-bond donors (Lipinski definition) is 1. The Balaban J connectivity index is 0.00000220. The van der Waals surface area contributed by atoms with Crippen LogP contribution in [0.15, 0.2) is 36.7 Å². The lowest BCUT2D eigenvalue weighted by Gasteiger charge is -2.13. The van der Waals surface area contributed by atoms with Crippen molar-refractivity contribution in [2.24, 2.45) is 0 Å². The van der Waals surface area contributed by atoms with Crippen LogP contribution in [0.1, 0.15) is 18.1 Å². The summed E-state index contributed by atoms with van der Waals surface area (Å²) in [5.41, 5.74) is 2.13. The Kier molecular flexibility index (Phi) is 10.6. The third-order valence-corrected chi connectivity index (χ3v) is 3.27. The highest BCUT2D eigenvalue weighted by molar-refractivity contribution is 6.35. The van der Waals surface area contributed by atoms with Gasteiger partial charge in [0.05, 0.1) is 11.6 Å². The Bertz CT molecular complexity index is 567. The molecule has 0 unspecified atom stereocenters. The van der Waals surface area contributed by atoms with Crippen molar-refractivity contribution in [1.82, 2.24) is 10.3 Å². The van der Waals surface area contributed by atoms with Gasteiger partial charge in [0.1, 0.15) is 5.75 Å². The van der Waals surface area contributed by atoms with Crippen LogP contribution in [0.4, 0.5) is 0 Å². The monoisotopic (exact) mass is 382 g/mol. The molecule has 1 aromatic heterocycles. The lowest BCUT2D eigenvalue weighted by molar-refractivity contribution is 0.335. The molecular weight excluding hydrogens is 366 g/mol. The standard InChI is InChI=1S/C15H16Cl2N2O.2ClH/c1-2-20-15-12(7-13(16)8-14(15)17)10-19-9-11-3-5-18-6-4-11;;/h3-8,19H,2,9-10H2,1H3;2*1H. The first-order chi connectivity index (χ1) is 9.70. The first kappa shape index (κ1) is 21.3. The Labute approximate surface area is 153 Å². The lowest BCUT2D eigenvalue weighted by atomic mass is 10.2. The van der Waals surface area contributed by atoms with Crippen molar-refractivity contribution in [3.8, 4) is 5.75 Å². The molecule has 0 amide bonds. The van der Waals surface area contributed by atoms with Gasteiger partial charge in [-0.2, -0.15) is 0 Å². The number of nitrogens with one attached hydrogen (secondary N) is 1. The molecule has 122 valence electrons. The summed E-state index contributed by atoms with van der Waals surface area (Å²) in [6.07, 6.45) is 3.55. The summed E-state index contributed by atoms with van der Waals surface area (Å²) in [5.74, 6) is 0.695. The fraction of sp³-hybridized carbons (Fsp3) is 0.267. The first-order valence-electron chi connectivity index (χ1n) is 6.41. The molecule has 0 spiro atoms. The Morgan fingerprint density at radius 1 is 1.09 bits per heavy atom. The molecule has 1 aromatic carbocycles. The van der Waals surface area contributed by atoms with Crippen molar-refractivity contribution in [2.75, 3.05) is 6.61 Å². The van der Waals surface area contributed by atoms with E-state index < -0.39 is 0 Å². The zero-order valence-corrected chi connectivity index (χ0v) is 15.2. The third kappa shape index (κ3) is 6.19. The van der Waals surface area contributed by atoms with Crippen molar-refractivity contribution in [1.29, 1.82) is 0 Å². The molecule has 0 bridgehead atoms. The van der Waals surface area contributed by atoms with E-state index in [2.05, 4.69) is 10.3 Å². The van der Waals surface area contributed by atoms with Gasteiger partial charge in [-0.1, -0.05) is 23.2 Å². The average molecular weight is 384 g/mol. The van der Waals surface area contributed by atoms with Gasteiger partial charge in [0.2, 0.25) is 0 Å². The maximum absolute atomic E-state index is 6.16. The van der Waals surface area contributed by atoms with Gasteiger partial charge in [0, 0.05) is 36.1 Å². The topological polar surface area (TPSA) is 34.1 Å². The molecule has 3 nitrogen and oxygen atoms in total. The van der Waals surface area contributed by atoms with Crippen LogP contribution in [-0.4, -0.2) is 11.6 Å². The predicted molar refractivity (Wildman–Crippen MR) is 96.9 cm³/mol. The second-order valence-electron chi connectivity index (χ2n) is 4.27. The molecule has 2 aromatic rings. The minimum Gasteiger partial charge on any atom is -0.492 e. The summed E-state index contributed by atoms with van der Waals surface area (Å²) in [6.45, 7) is 3.88. The molecule has 0 radical (unpaired) electrons. The normalized spacial score (nSPS) is 9.59. The van der Waals surface area contributed by atoms with E-state index in [0.29, 0.717) is 28.9 Å². The van der Waals surface area contributed by atoms with Crippen molar-refractivity contribution >= 4 is 48.0 Å². The quantitative estimate of drug-likeness (QED) is 0.768. The third-order valence-electron chi connectivity index (χ3n) is 2.77. The number of halogens is 4. The number of benzene rings is 1. The average Bonchev–Trinajstić information content (AvgIpc) is 2.43. The largest absolute Gasteiger partial charge is 0.492 e. The molecular formula is C15H18Cl4N2O. The number of pyridine rings is 1. The van der Waals surface area contributed by atoms with E-state index in [1.807, 2.05) is 25.1 Å². The minimum atomic E-state index is 0. The van der Waals surface area contributed by atoms with Crippen molar-refractivity contribution < 1.29 is 4.74 Å². The number of aromatic nitrogens is 1. The van der Waals surface area contributed by atoms with E-state index in [0.717, 1.165) is 12.1 Å². The zero-order chi connectivity index (χ0) is 14.4. The van der Waals surface area contributed by atoms with Gasteiger partial charge in [-0.3, -0.25) is 4.98 Å². The summed E-state index contributed by atoms with van der Waals surface area (Å²) in [6, 6.07) is 7.52. The van der Waals surface area contributed by atoms with Gasteiger partial charge in [-0.25, -0.2) is 0 Å². The highest BCUT2D eigenvalue weighted by Crippen LogP contribution is 2.32. The van der Waals surface area contributed by atoms with Crippen molar-refractivity contribution in [2.45, 2.75) is 20.0 Å². The SMILES string of the molecule is CCOc1c(Cl)cc(Cl)cc1CNCc1ccncc1.Cl.Cl. The van der Waals surface area contributed by atoms with Gasteiger partial charge in [-0.05, 0) is 36.8 Å². The molecule has 0 aliphatic carbocycles. The first-order valence-corrected chi connectivity index (χ1v) is 7.16. The van der Waals surface area contributed by atoms with Crippen molar-refractivity contribution in [3.05, 3.63) is 57.8 Å². The number of ether oxygens (including phenoxy) is 1. The van der Waals surface area contributed by atoms with Gasteiger partial charge < -0.3 is 10.1 Å². The fourth-order valence-electron chi connectivity index (χ4n) is 1.89. The summed E-state index contributed by atoms with van der Waals surface area (Å²) < 4.78 is 5.58. The zero-order valence-electron chi connectivity index (χ0n) is 12.0. The fourth-order valence-corrected chi connectivity index (χ4v) is 2.48. The van der Waals surface area contributed by atoms with Gasteiger partial charge in [0.25, 0.3) is 0 Å². The summed E-state index contributed by atoms with van der Waals surface area (Å²) in [7, 11) is 0. The van der Waals surface area contributed by atoms with E-state index in [4.69, 9.17) is 27.9 Å². The highest BCUT2D eigenvalue weighted by atomic mass is 35.5. The van der Waals surface area contributed by atoms with Gasteiger partial charge in [-0.15, -0.1) is 24.8 Å². The van der Waals surface area contributed by atoms with Crippen LogP contribution in [0.25, 0.3) is 0 Å². The molecule has 0 saturated carbocycles. The molecule has 7 heteroatoms. The molecule has 22 heavy (non-hydrogen) atoms. The van der Waals surface area contributed by atoms with E-state index in [1.54, 1.807) is 18.5 Å². The summed E-state index contributed by atoms with van der Waals surface area (Å²) in [4.78, 5) is 3.99. The van der Waals surface area contributed by atoms with Crippen LogP contribution < -0.4 is 10.1 Å². The van der Waals surface area contributed by atoms with Gasteiger partial charge >= 0.3 is 0 Å². The maximum atomic E-state index is 6.16. The Morgan fingerprint density at radius 2 is 1.77 bits per heavy atom. The van der Waals surface area contributed by atoms with Gasteiger partial charge in [0.15, 0.2) is 0 Å². The van der Waals surface area contributed by atoms with E-state index >= 15 is 0 Å². The molecule has 0 atom stereocenters. The van der Waals surface area contributed by atoms with Crippen LogP contribution in [-0.2, 0) is 13.1 Å². The molecule has 0 saturated heterocycles. The second-order valence-corrected chi connectivity index (χ2v) is 5.11. The number of hydrogen-bond acceptors (Lipinski definition) is 3. The van der Waals surface area contributed by atoms with Crippen LogP contribution in [0.5, 0.6) is 5.75 Å². The van der Waals surface area contributed by atoms with Crippen LogP contribution in [0.3, 0.4) is 0 Å². The molecule has 1 N–H and O–H groups in total.